The molecule has 0 bridgehead atoms. The molecule has 1 amide bonds. The number of pyridine rings is 1. The van der Waals surface area contributed by atoms with Crippen molar-refractivity contribution in [1.29, 1.82) is 0 Å². The van der Waals surface area contributed by atoms with Gasteiger partial charge in [-0.2, -0.15) is 0 Å². The molecule has 0 radical (unpaired) electrons. The number of aromatic nitrogens is 2. The topological polar surface area (TPSA) is 91.3 Å². The Hall–Kier alpha value is -1.75. The summed E-state index contributed by atoms with van der Waals surface area (Å²) < 4.78 is 0. The largest absolute Gasteiger partial charge is 0.357 e. The van der Waals surface area contributed by atoms with Gasteiger partial charge in [-0.05, 0) is 32.4 Å². The van der Waals surface area contributed by atoms with E-state index in [1.807, 2.05) is 26.8 Å². The Morgan fingerprint density at radius 3 is 2.70 bits per heavy atom. The van der Waals surface area contributed by atoms with Crippen molar-refractivity contribution >= 4 is 53.0 Å². The number of nitrogens with one attached hydrogen (secondary N) is 3. The van der Waals surface area contributed by atoms with Crippen LogP contribution < -0.4 is 16.0 Å². The summed E-state index contributed by atoms with van der Waals surface area (Å²) in [5.74, 6) is 1.17. The third kappa shape index (κ3) is 9.14. The van der Waals surface area contributed by atoms with Crippen molar-refractivity contribution in [3.8, 4) is 0 Å². The highest BCUT2D eigenvalue weighted by Gasteiger charge is 2.04. The van der Waals surface area contributed by atoms with E-state index in [1.165, 1.54) is 0 Å². The monoisotopic (exact) mass is 502 g/mol. The van der Waals surface area contributed by atoms with Gasteiger partial charge in [-0.25, -0.2) is 9.97 Å². The fraction of sp³-hybridized carbons (Fsp3) is 0.444. The number of amides is 1. The van der Waals surface area contributed by atoms with Crippen LogP contribution in [-0.2, 0) is 11.2 Å². The summed E-state index contributed by atoms with van der Waals surface area (Å²) in [5.41, 5.74) is 2.14. The smallest absolute Gasteiger partial charge is 0.227 e. The van der Waals surface area contributed by atoms with E-state index >= 15 is 0 Å². The average Bonchev–Trinajstić information content (AvgIpc) is 3.02. The van der Waals surface area contributed by atoms with Gasteiger partial charge in [0.1, 0.15) is 5.82 Å². The molecular weight excluding hydrogens is 475 g/mol. The maximum absolute atomic E-state index is 12.0. The van der Waals surface area contributed by atoms with Gasteiger partial charge in [0.15, 0.2) is 5.96 Å². The normalized spacial score (nSPS) is 10.9. The molecule has 0 aromatic carbocycles. The lowest BCUT2D eigenvalue weighted by Crippen LogP contribution is -2.38. The molecule has 0 fully saturated rings. The first kappa shape index (κ1) is 23.3. The minimum atomic E-state index is -0.0982. The maximum atomic E-state index is 12.0. The number of rotatable bonds is 8. The van der Waals surface area contributed by atoms with E-state index in [2.05, 4.69) is 36.3 Å². The van der Waals surface area contributed by atoms with Crippen LogP contribution in [-0.4, -0.2) is 41.5 Å². The van der Waals surface area contributed by atoms with Crippen molar-refractivity contribution in [3.63, 3.8) is 0 Å². The number of aliphatic imine (C=N–C) groups is 1. The first-order chi connectivity index (χ1) is 12.6. The zero-order chi connectivity index (χ0) is 18.8. The van der Waals surface area contributed by atoms with E-state index in [9.17, 15) is 4.79 Å². The second-order valence-corrected chi connectivity index (χ2v) is 6.88. The molecule has 2 aromatic heterocycles. The fourth-order valence-corrected chi connectivity index (χ4v) is 2.84. The van der Waals surface area contributed by atoms with Gasteiger partial charge in [0.2, 0.25) is 5.91 Å². The number of carbonyl (C=O) groups excluding carboxylic acids is 1. The van der Waals surface area contributed by atoms with Crippen LogP contribution in [0.15, 0.2) is 28.7 Å². The highest BCUT2D eigenvalue weighted by molar-refractivity contribution is 14.0. The minimum absolute atomic E-state index is 0. The van der Waals surface area contributed by atoms with E-state index in [4.69, 9.17) is 0 Å². The van der Waals surface area contributed by atoms with Gasteiger partial charge in [0, 0.05) is 37.5 Å². The Labute approximate surface area is 181 Å². The van der Waals surface area contributed by atoms with Gasteiger partial charge in [0.05, 0.1) is 17.2 Å². The van der Waals surface area contributed by atoms with Gasteiger partial charge in [-0.3, -0.25) is 9.79 Å². The van der Waals surface area contributed by atoms with Gasteiger partial charge in [-0.1, -0.05) is 6.07 Å². The zero-order valence-corrected chi connectivity index (χ0v) is 19.1. The number of aryl methyl sites for hydroxylation is 2. The Morgan fingerprint density at radius 1 is 1.26 bits per heavy atom. The molecule has 2 aromatic rings. The van der Waals surface area contributed by atoms with E-state index in [1.54, 1.807) is 23.6 Å². The molecule has 0 unspecified atom stereocenters. The second-order valence-electron chi connectivity index (χ2n) is 5.81. The van der Waals surface area contributed by atoms with Crippen molar-refractivity contribution in [2.24, 2.45) is 4.99 Å². The number of halogens is 1. The third-order valence-electron chi connectivity index (χ3n) is 3.47. The molecular formula is C18H27IN6OS. The fourth-order valence-electron chi connectivity index (χ4n) is 2.19. The van der Waals surface area contributed by atoms with Gasteiger partial charge < -0.3 is 16.0 Å². The molecule has 0 aliphatic rings. The molecule has 0 saturated heterocycles. The molecule has 9 heteroatoms. The Kier molecular flexibility index (Phi) is 10.9. The first-order valence-electron chi connectivity index (χ1n) is 8.72. The Morgan fingerprint density at radius 2 is 2.07 bits per heavy atom. The predicted molar refractivity (Wildman–Crippen MR) is 122 cm³/mol. The highest BCUT2D eigenvalue weighted by Crippen LogP contribution is 2.07. The van der Waals surface area contributed by atoms with Crippen LogP contribution in [0.5, 0.6) is 0 Å². The first-order valence-corrected chi connectivity index (χ1v) is 9.60. The molecule has 0 spiro atoms. The number of thiazole rings is 1. The maximum Gasteiger partial charge on any atom is 0.227 e. The van der Waals surface area contributed by atoms with Crippen molar-refractivity contribution in [3.05, 3.63) is 40.0 Å². The molecule has 0 saturated carbocycles. The summed E-state index contributed by atoms with van der Waals surface area (Å²) in [4.78, 5) is 25.0. The molecule has 7 nitrogen and oxygen atoms in total. The minimum Gasteiger partial charge on any atom is -0.357 e. The zero-order valence-electron chi connectivity index (χ0n) is 15.9. The number of nitrogens with zero attached hydrogens (tertiary/aromatic N) is 3. The van der Waals surface area contributed by atoms with Crippen LogP contribution in [0.3, 0.4) is 0 Å². The molecule has 2 rings (SSSR count). The van der Waals surface area contributed by atoms with E-state index in [-0.39, 0.29) is 29.9 Å². The summed E-state index contributed by atoms with van der Waals surface area (Å²) in [6.07, 6.45) is 2.87. The molecule has 0 atom stereocenters. The summed E-state index contributed by atoms with van der Waals surface area (Å²) in [6.45, 7) is 7.89. The average molecular weight is 502 g/mol. The van der Waals surface area contributed by atoms with E-state index in [0.29, 0.717) is 24.7 Å². The van der Waals surface area contributed by atoms with E-state index < -0.39 is 0 Å². The molecule has 0 aliphatic heterocycles. The lowest BCUT2D eigenvalue weighted by molar-refractivity contribution is -0.116. The van der Waals surface area contributed by atoms with Gasteiger partial charge in [0.25, 0.3) is 0 Å². The molecule has 2 heterocycles. The molecule has 0 aliphatic carbocycles. The van der Waals surface area contributed by atoms with E-state index in [0.717, 1.165) is 35.8 Å². The summed E-state index contributed by atoms with van der Waals surface area (Å²) in [6, 6.07) is 3.71. The summed E-state index contributed by atoms with van der Waals surface area (Å²) in [7, 11) is 0. The predicted octanol–water partition coefficient (Wildman–Crippen LogP) is 2.90. The Bertz CT molecular complexity index is 732. The van der Waals surface area contributed by atoms with Crippen LogP contribution in [0.2, 0.25) is 0 Å². The lowest BCUT2D eigenvalue weighted by atomic mass is 10.3. The van der Waals surface area contributed by atoms with Gasteiger partial charge >= 0.3 is 0 Å². The number of carbonyl (C=O) groups is 1. The van der Waals surface area contributed by atoms with Crippen LogP contribution in [0.1, 0.15) is 29.6 Å². The van der Waals surface area contributed by atoms with Crippen LogP contribution >= 0.6 is 35.3 Å². The van der Waals surface area contributed by atoms with Gasteiger partial charge in [-0.15, -0.1) is 35.3 Å². The highest BCUT2D eigenvalue weighted by atomic mass is 127. The second kappa shape index (κ2) is 12.6. The van der Waals surface area contributed by atoms with Crippen LogP contribution in [0, 0.1) is 13.8 Å². The van der Waals surface area contributed by atoms with Crippen molar-refractivity contribution in [2.45, 2.75) is 33.6 Å². The summed E-state index contributed by atoms with van der Waals surface area (Å²) in [5, 5.41) is 12.4. The number of hydrogen-bond donors (Lipinski definition) is 3. The number of guanidine groups is 1. The molecule has 3 N–H and O–H groups in total. The Balaban J connectivity index is 0.00000364. The lowest BCUT2D eigenvalue weighted by Gasteiger charge is -2.10. The molecule has 148 valence electrons. The number of hydrogen-bond acceptors (Lipinski definition) is 5. The van der Waals surface area contributed by atoms with Crippen LogP contribution in [0.4, 0.5) is 5.82 Å². The standard InChI is InChI=1S/C18H26N6OS.HI/c1-4-19-18(20-9-7-15-12-26-14(3)23-15)21-10-8-17(25)24-16-6-5-13(2)11-22-16;/h5-6,11-12H,4,7-10H2,1-3H3,(H2,19,20,21)(H,22,24,25);1H. The van der Waals surface area contributed by atoms with Crippen molar-refractivity contribution < 1.29 is 4.79 Å². The van der Waals surface area contributed by atoms with Crippen molar-refractivity contribution in [2.75, 3.05) is 25.0 Å². The molecule has 27 heavy (non-hydrogen) atoms. The quantitative estimate of drug-likeness (QED) is 0.294. The third-order valence-corrected chi connectivity index (χ3v) is 4.29. The SMILES string of the molecule is CCNC(=NCCC(=O)Nc1ccc(C)cn1)NCCc1csc(C)n1.I. The van der Waals surface area contributed by atoms with Crippen LogP contribution in [0.25, 0.3) is 0 Å². The summed E-state index contributed by atoms with van der Waals surface area (Å²) >= 11 is 1.66. The number of anilines is 1. The van der Waals surface area contributed by atoms with Crippen molar-refractivity contribution in [1.82, 2.24) is 20.6 Å².